The van der Waals surface area contributed by atoms with Gasteiger partial charge in [-0.25, -0.2) is 9.67 Å². The number of fused-ring (bicyclic) bond motifs is 2. The summed E-state index contributed by atoms with van der Waals surface area (Å²) in [6.45, 7) is 0. The van der Waals surface area contributed by atoms with Crippen LogP contribution in [-0.2, 0) is 0 Å². The molecule has 0 bridgehead atoms. The Kier molecular flexibility index (Phi) is 4.00. The molecule has 4 aromatic rings. The Balaban J connectivity index is 1.39. The lowest BCUT2D eigenvalue weighted by Gasteiger charge is -2.08. The van der Waals surface area contributed by atoms with Crippen LogP contribution in [0, 0.1) is 0 Å². The van der Waals surface area contributed by atoms with Crippen LogP contribution >= 0.6 is 0 Å². The second-order valence-electron chi connectivity index (χ2n) is 6.96. The predicted octanol–water partition coefficient (Wildman–Crippen LogP) is 1.59. The van der Waals surface area contributed by atoms with Crippen molar-refractivity contribution >= 4 is 34.4 Å². The van der Waals surface area contributed by atoms with Crippen molar-refractivity contribution in [3.8, 4) is 5.69 Å². The van der Waals surface area contributed by atoms with E-state index in [4.69, 9.17) is 0 Å². The van der Waals surface area contributed by atoms with E-state index < -0.39 is 11.8 Å². The van der Waals surface area contributed by atoms with Crippen LogP contribution in [0.25, 0.3) is 16.7 Å². The number of nitrogens with one attached hydrogen (secondary N) is 2. The highest BCUT2D eigenvalue weighted by molar-refractivity contribution is 6.22. The highest BCUT2D eigenvalue weighted by Gasteiger charge is 2.33. The van der Waals surface area contributed by atoms with Gasteiger partial charge in [0.1, 0.15) is 5.39 Å². The molecule has 0 radical (unpaired) electrons. The third-order valence-electron chi connectivity index (χ3n) is 5.09. The van der Waals surface area contributed by atoms with Gasteiger partial charge in [0, 0.05) is 18.3 Å². The van der Waals surface area contributed by atoms with Crippen molar-refractivity contribution in [3.63, 3.8) is 0 Å². The van der Waals surface area contributed by atoms with E-state index in [-0.39, 0.29) is 28.2 Å². The molecule has 1 aliphatic rings. The molecule has 10 heteroatoms. The Morgan fingerprint density at radius 2 is 1.74 bits per heavy atom. The number of benzene rings is 2. The van der Waals surface area contributed by atoms with E-state index >= 15 is 0 Å². The summed E-state index contributed by atoms with van der Waals surface area (Å²) in [5, 5.41) is 7.33. The Hall–Kier alpha value is -4.60. The molecule has 5 rings (SSSR count). The number of hydrogen-bond donors (Lipinski definition) is 2. The van der Waals surface area contributed by atoms with E-state index in [0.717, 1.165) is 4.90 Å². The number of carbonyl (C=O) groups is 3. The molecular weight excluding hydrogens is 400 g/mol. The smallest absolute Gasteiger partial charge is 0.261 e. The number of rotatable bonds is 3. The van der Waals surface area contributed by atoms with Crippen molar-refractivity contribution in [2.45, 2.75) is 0 Å². The molecule has 2 N–H and O–H groups in total. The molecule has 0 saturated carbocycles. The summed E-state index contributed by atoms with van der Waals surface area (Å²) >= 11 is 0. The molecule has 0 unspecified atom stereocenters. The number of hydrogen-bond acceptors (Lipinski definition) is 6. The monoisotopic (exact) mass is 414 g/mol. The fourth-order valence-electron chi connectivity index (χ4n) is 3.44. The maximum Gasteiger partial charge on any atom is 0.261 e. The van der Waals surface area contributed by atoms with Crippen LogP contribution in [0.1, 0.15) is 31.1 Å². The van der Waals surface area contributed by atoms with Crippen LogP contribution in [-0.4, -0.2) is 49.4 Å². The highest BCUT2D eigenvalue weighted by Crippen LogP contribution is 2.23. The van der Waals surface area contributed by atoms with Gasteiger partial charge in [-0.1, -0.05) is 0 Å². The van der Waals surface area contributed by atoms with Gasteiger partial charge in [-0.15, -0.1) is 0 Å². The number of aromatic nitrogens is 4. The molecule has 0 fully saturated rings. The summed E-state index contributed by atoms with van der Waals surface area (Å²) in [6.07, 6.45) is 2.75. The van der Waals surface area contributed by atoms with Gasteiger partial charge in [-0.3, -0.25) is 24.1 Å². The second-order valence-corrected chi connectivity index (χ2v) is 6.96. The van der Waals surface area contributed by atoms with Crippen molar-refractivity contribution in [2.75, 3.05) is 12.4 Å². The van der Waals surface area contributed by atoms with Crippen LogP contribution in [0.15, 0.2) is 59.8 Å². The minimum Gasteiger partial charge on any atom is -0.322 e. The molecule has 152 valence electrons. The van der Waals surface area contributed by atoms with Crippen LogP contribution < -0.4 is 10.9 Å². The fraction of sp³-hybridized carbons (Fsp3) is 0.0476. The van der Waals surface area contributed by atoms with Gasteiger partial charge in [0.25, 0.3) is 23.3 Å². The molecule has 0 atom stereocenters. The molecule has 2 aromatic heterocycles. The van der Waals surface area contributed by atoms with E-state index in [1.807, 2.05) is 0 Å². The van der Waals surface area contributed by atoms with Crippen molar-refractivity contribution in [1.29, 1.82) is 0 Å². The van der Waals surface area contributed by atoms with Gasteiger partial charge in [0.15, 0.2) is 5.65 Å². The maximum absolute atomic E-state index is 12.6. The van der Waals surface area contributed by atoms with E-state index in [0.29, 0.717) is 22.4 Å². The number of amides is 3. The normalized spacial score (nSPS) is 13.0. The standard InChI is InChI=1S/C21H14N6O4/c1-26-20(30)14-7-2-11(8-15(14)21(26)31)18(28)25-12-3-5-13(6-4-12)27-17-16(9-24-27)19(29)23-10-22-17/h2-10H,1H3,(H,25,28)(H,22,23,29). The number of imide groups is 1. The average molecular weight is 414 g/mol. The van der Waals surface area contributed by atoms with E-state index in [1.165, 1.54) is 42.5 Å². The largest absolute Gasteiger partial charge is 0.322 e. The van der Waals surface area contributed by atoms with Gasteiger partial charge in [-0.05, 0) is 42.5 Å². The van der Waals surface area contributed by atoms with E-state index in [9.17, 15) is 19.2 Å². The van der Waals surface area contributed by atoms with Crippen molar-refractivity contribution in [1.82, 2.24) is 24.6 Å². The van der Waals surface area contributed by atoms with Gasteiger partial charge in [-0.2, -0.15) is 5.10 Å². The number of H-pyrrole nitrogens is 1. The van der Waals surface area contributed by atoms with Crippen LogP contribution in [0.2, 0.25) is 0 Å². The quantitative estimate of drug-likeness (QED) is 0.490. The minimum atomic E-state index is -0.433. The fourth-order valence-corrected chi connectivity index (χ4v) is 3.44. The van der Waals surface area contributed by atoms with Gasteiger partial charge >= 0.3 is 0 Å². The zero-order valence-electron chi connectivity index (χ0n) is 16.1. The summed E-state index contributed by atoms with van der Waals surface area (Å²) in [6, 6.07) is 11.2. The summed E-state index contributed by atoms with van der Waals surface area (Å²) in [7, 11) is 1.40. The highest BCUT2D eigenvalue weighted by atomic mass is 16.2. The lowest BCUT2D eigenvalue weighted by molar-refractivity contribution is 0.0693. The topological polar surface area (TPSA) is 130 Å². The summed E-state index contributed by atoms with van der Waals surface area (Å²) in [5.74, 6) is -1.23. The molecule has 1 aliphatic heterocycles. The molecule has 2 aromatic carbocycles. The molecular formula is C21H14N6O4. The molecule has 10 nitrogen and oxygen atoms in total. The lowest BCUT2D eigenvalue weighted by Crippen LogP contribution is -2.24. The average Bonchev–Trinajstić information content (AvgIpc) is 3.31. The van der Waals surface area contributed by atoms with Gasteiger partial charge in [0.05, 0.1) is 29.3 Å². The SMILES string of the molecule is CN1C(=O)c2ccc(C(=O)Nc3ccc(-n4ncc5c(=O)[nH]cnc54)cc3)cc2C1=O. The van der Waals surface area contributed by atoms with Crippen molar-refractivity contribution in [2.24, 2.45) is 0 Å². The van der Waals surface area contributed by atoms with Gasteiger partial charge < -0.3 is 10.3 Å². The minimum absolute atomic E-state index is 0.212. The third kappa shape index (κ3) is 2.89. The number of aromatic amines is 1. The molecule has 0 spiro atoms. The first-order chi connectivity index (χ1) is 14.9. The Morgan fingerprint density at radius 3 is 2.52 bits per heavy atom. The first-order valence-corrected chi connectivity index (χ1v) is 9.23. The maximum atomic E-state index is 12.6. The van der Waals surface area contributed by atoms with Crippen molar-refractivity contribution < 1.29 is 14.4 Å². The summed E-state index contributed by atoms with van der Waals surface area (Å²) in [4.78, 5) is 56.2. The molecule has 3 amide bonds. The first kappa shape index (κ1) is 18.4. The van der Waals surface area contributed by atoms with E-state index in [2.05, 4.69) is 20.4 Å². The molecule has 0 aliphatic carbocycles. The zero-order valence-corrected chi connectivity index (χ0v) is 16.1. The number of carbonyl (C=O) groups excluding carboxylic acids is 3. The van der Waals surface area contributed by atoms with Gasteiger partial charge in [0.2, 0.25) is 0 Å². The van der Waals surface area contributed by atoms with Crippen LogP contribution in [0.3, 0.4) is 0 Å². The van der Waals surface area contributed by atoms with Crippen LogP contribution in [0.5, 0.6) is 0 Å². The number of anilines is 1. The molecule has 3 heterocycles. The number of nitrogens with zero attached hydrogens (tertiary/aromatic N) is 4. The molecule has 0 saturated heterocycles. The van der Waals surface area contributed by atoms with Crippen LogP contribution in [0.4, 0.5) is 5.69 Å². The van der Waals surface area contributed by atoms with Crippen molar-refractivity contribution in [3.05, 3.63) is 82.0 Å². The zero-order chi connectivity index (χ0) is 21.7. The Morgan fingerprint density at radius 1 is 1.00 bits per heavy atom. The molecule has 31 heavy (non-hydrogen) atoms. The summed E-state index contributed by atoms with van der Waals surface area (Å²) in [5.41, 5.74) is 2.09. The third-order valence-corrected chi connectivity index (χ3v) is 5.09. The second kappa shape index (κ2) is 6.73. The predicted molar refractivity (Wildman–Crippen MR) is 110 cm³/mol. The summed E-state index contributed by atoms with van der Waals surface area (Å²) < 4.78 is 1.52. The lowest BCUT2D eigenvalue weighted by atomic mass is 10.1. The Bertz CT molecular complexity index is 1450. The van der Waals surface area contributed by atoms with E-state index in [1.54, 1.807) is 24.3 Å². The first-order valence-electron chi connectivity index (χ1n) is 9.23. The Labute approximate surface area is 174 Å².